The molecule has 0 spiro atoms. The van der Waals surface area contributed by atoms with E-state index in [2.05, 4.69) is 25.4 Å². The number of aryl methyl sites for hydroxylation is 1. The summed E-state index contributed by atoms with van der Waals surface area (Å²) in [6.07, 6.45) is 3.89. The molecule has 1 amide bonds. The van der Waals surface area contributed by atoms with Crippen LogP contribution >= 0.6 is 0 Å². The highest BCUT2D eigenvalue weighted by molar-refractivity contribution is 5.95. The number of nitrogens with one attached hydrogen (secondary N) is 2. The zero-order valence-electron chi connectivity index (χ0n) is 14.1. The number of rotatable bonds is 2. The first-order valence-electron chi connectivity index (χ1n) is 8.45. The molecule has 0 radical (unpaired) electrons. The van der Waals surface area contributed by atoms with Crippen molar-refractivity contribution < 1.29 is 4.79 Å². The third kappa shape index (κ3) is 2.21. The van der Waals surface area contributed by atoms with Gasteiger partial charge < -0.3 is 10.3 Å². The molecule has 26 heavy (non-hydrogen) atoms. The number of hydrogen-bond donors (Lipinski definition) is 2. The van der Waals surface area contributed by atoms with Gasteiger partial charge in [0.1, 0.15) is 5.82 Å². The standard InChI is InChI=1S/C19H16N6O/c1-11-17-13(12-6-8-20-9-7-12)10-16(26)23-18(17)25(24-11)19-21-14-4-2-3-5-15(14)22-19/h2-9,13H,10H2,1H3,(H,21,22)(H,23,26)/t13-/m0/s1. The predicted octanol–water partition coefficient (Wildman–Crippen LogP) is 2.93. The largest absolute Gasteiger partial charge is 0.322 e. The fourth-order valence-corrected chi connectivity index (χ4v) is 3.62. The summed E-state index contributed by atoms with van der Waals surface area (Å²) in [6, 6.07) is 11.7. The van der Waals surface area contributed by atoms with Gasteiger partial charge >= 0.3 is 0 Å². The van der Waals surface area contributed by atoms with Crippen LogP contribution in [0.2, 0.25) is 0 Å². The fourth-order valence-electron chi connectivity index (χ4n) is 3.62. The number of hydrogen-bond acceptors (Lipinski definition) is 4. The van der Waals surface area contributed by atoms with Gasteiger partial charge in [0.15, 0.2) is 0 Å². The van der Waals surface area contributed by atoms with E-state index in [9.17, 15) is 4.79 Å². The van der Waals surface area contributed by atoms with Crippen LogP contribution in [0.4, 0.5) is 5.82 Å². The molecule has 5 rings (SSSR count). The Hall–Kier alpha value is -3.48. The molecular formula is C19H16N6O. The quantitative estimate of drug-likeness (QED) is 0.585. The summed E-state index contributed by atoms with van der Waals surface area (Å²) in [6.45, 7) is 1.96. The number of aromatic amines is 1. The molecule has 0 unspecified atom stereocenters. The summed E-state index contributed by atoms with van der Waals surface area (Å²) < 4.78 is 1.69. The van der Waals surface area contributed by atoms with Crippen molar-refractivity contribution in [2.24, 2.45) is 0 Å². The molecule has 0 fully saturated rings. The van der Waals surface area contributed by atoms with Gasteiger partial charge in [-0.25, -0.2) is 4.98 Å². The average Bonchev–Trinajstić information content (AvgIpc) is 3.23. The highest BCUT2D eigenvalue weighted by Gasteiger charge is 2.33. The minimum Gasteiger partial charge on any atom is -0.322 e. The fraction of sp³-hybridized carbons (Fsp3) is 0.158. The van der Waals surface area contributed by atoms with Crippen molar-refractivity contribution in [3.63, 3.8) is 0 Å². The van der Waals surface area contributed by atoms with Crippen LogP contribution in [-0.4, -0.2) is 30.6 Å². The molecule has 0 aliphatic carbocycles. The molecule has 0 bridgehead atoms. The molecule has 7 heteroatoms. The van der Waals surface area contributed by atoms with Crippen molar-refractivity contribution in [1.82, 2.24) is 24.7 Å². The molecule has 1 aliphatic heterocycles. The van der Waals surface area contributed by atoms with Crippen molar-refractivity contribution in [3.8, 4) is 5.95 Å². The topological polar surface area (TPSA) is 88.5 Å². The van der Waals surface area contributed by atoms with Crippen LogP contribution in [0.5, 0.6) is 0 Å². The number of carbonyl (C=O) groups is 1. The summed E-state index contributed by atoms with van der Waals surface area (Å²) in [5.41, 5.74) is 4.75. The SMILES string of the molecule is Cc1nn(-c2nc3ccccc3[nH]2)c2c1[C@H](c1ccncc1)CC(=O)N2. The number of imidazole rings is 1. The van der Waals surface area contributed by atoms with Crippen molar-refractivity contribution in [1.29, 1.82) is 0 Å². The summed E-state index contributed by atoms with van der Waals surface area (Å²) in [7, 11) is 0. The van der Waals surface area contributed by atoms with Crippen LogP contribution < -0.4 is 5.32 Å². The van der Waals surface area contributed by atoms with E-state index in [1.807, 2.05) is 43.3 Å². The minimum absolute atomic E-state index is 0.0310. The molecule has 4 heterocycles. The van der Waals surface area contributed by atoms with Gasteiger partial charge in [-0.15, -0.1) is 0 Å². The molecule has 1 aliphatic rings. The maximum absolute atomic E-state index is 12.4. The summed E-state index contributed by atoms with van der Waals surface area (Å²) in [5, 5.41) is 7.64. The number of nitrogens with zero attached hydrogens (tertiary/aromatic N) is 4. The Morgan fingerprint density at radius 1 is 1.15 bits per heavy atom. The lowest BCUT2D eigenvalue weighted by Crippen LogP contribution is -2.25. The molecule has 1 atom stereocenters. The molecule has 2 N–H and O–H groups in total. The van der Waals surface area contributed by atoms with Gasteiger partial charge in [0.25, 0.3) is 0 Å². The number of carbonyl (C=O) groups excluding carboxylic acids is 1. The van der Waals surface area contributed by atoms with E-state index >= 15 is 0 Å². The number of aromatic nitrogens is 5. The number of fused-ring (bicyclic) bond motifs is 2. The van der Waals surface area contributed by atoms with Gasteiger partial charge in [-0.05, 0) is 36.8 Å². The van der Waals surface area contributed by atoms with Crippen molar-refractivity contribution in [2.45, 2.75) is 19.3 Å². The van der Waals surface area contributed by atoms with E-state index in [-0.39, 0.29) is 11.8 Å². The highest BCUT2D eigenvalue weighted by Crippen LogP contribution is 2.39. The molecule has 3 aromatic heterocycles. The van der Waals surface area contributed by atoms with E-state index in [1.54, 1.807) is 17.1 Å². The van der Waals surface area contributed by atoms with Gasteiger partial charge in [0, 0.05) is 30.3 Å². The van der Waals surface area contributed by atoms with Crippen molar-refractivity contribution >= 4 is 22.8 Å². The summed E-state index contributed by atoms with van der Waals surface area (Å²) >= 11 is 0. The van der Waals surface area contributed by atoms with Gasteiger partial charge in [-0.3, -0.25) is 9.78 Å². The zero-order chi connectivity index (χ0) is 17.7. The van der Waals surface area contributed by atoms with E-state index in [4.69, 9.17) is 0 Å². The Morgan fingerprint density at radius 3 is 2.77 bits per heavy atom. The monoisotopic (exact) mass is 344 g/mol. The number of anilines is 1. The molecule has 4 aromatic rings. The average molecular weight is 344 g/mol. The number of benzene rings is 1. The lowest BCUT2D eigenvalue weighted by atomic mass is 9.86. The summed E-state index contributed by atoms with van der Waals surface area (Å²) in [4.78, 5) is 24.3. The second kappa shape index (κ2) is 5.52. The maximum atomic E-state index is 12.4. The van der Waals surface area contributed by atoms with Crippen LogP contribution in [-0.2, 0) is 4.79 Å². The normalized spacial score (nSPS) is 16.5. The molecule has 128 valence electrons. The van der Waals surface area contributed by atoms with E-state index in [0.29, 0.717) is 18.2 Å². The van der Waals surface area contributed by atoms with Crippen LogP contribution in [0, 0.1) is 6.92 Å². The second-order valence-corrected chi connectivity index (χ2v) is 6.42. The van der Waals surface area contributed by atoms with Crippen molar-refractivity contribution in [2.75, 3.05) is 5.32 Å². The zero-order valence-corrected chi connectivity index (χ0v) is 14.1. The first-order chi connectivity index (χ1) is 12.7. The lowest BCUT2D eigenvalue weighted by molar-refractivity contribution is -0.116. The molecule has 1 aromatic carbocycles. The predicted molar refractivity (Wildman–Crippen MR) is 97.3 cm³/mol. The highest BCUT2D eigenvalue weighted by atomic mass is 16.1. The first-order valence-corrected chi connectivity index (χ1v) is 8.45. The Bertz CT molecular complexity index is 1090. The van der Waals surface area contributed by atoms with Crippen LogP contribution in [0.3, 0.4) is 0 Å². The number of amides is 1. The second-order valence-electron chi connectivity index (χ2n) is 6.42. The van der Waals surface area contributed by atoms with Crippen LogP contribution in [0.1, 0.15) is 29.2 Å². The van der Waals surface area contributed by atoms with Gasteiger partial charge in [-0.1, -0.05) is 12.1 Å². The van der Waals surface area contributed by atoms with E-state index < -0.39 is 0 Å². The molecular weight excluding hydrogens is 328 g/mol. The Kier molecular flexibility index (Phi) is 3.15. The molecule has 7 nitrogen and oxygen atoms in total. The summed E-state index contributed by atoms with van der Waals surface area (Å²) in [5.74, 6) is 1.20. The maximum Gasteiger partial charge on any atom is 0.231 e. The van der Waals surface area contributed by atoms with E-state index in [0.717, 1.165) is 27.9 Å². The third-order valence-corrected chi connectivity index (χ3v) is 4.79. The number of H-pyrrole nitrogens is 1. The Morgan fingerprint density at radius 2 is 1.96 bits per heavy atom. The number of pyridine rings is 1. The number of para-hydroxylation sites is 2. The smallest absolute Gasteiger partial charge is 0.231 e. The molecule has 0 saturated heterocycles. The van der Waals surface area contributed by atoms with Gasteiger partial charge in [-0.2, -0.15) is 9.78 Å². The van der Waals surface area contributed by atoms with Crippen LogP contribution in [0.15, 0.2) is 48.8 Å². The van der Waals surface area contributed by atoms with Crippen molar-refractivity contribution in [3.05, 3.63) is 65.6 Å². The van der Waals surface area contributed by atoms with Crippen LogP contribution in [0.25, 0.3) is 17.0 Å². The Labute approximate surface area is 149 Å². The lowest BCUT2D eigenvalue weighted by Gasteiger charge is -2.23. The van der Waals surface area contributed by atoms with Gasteiger partial charge in [0.05, 0.1) is 16.7 Å². The third-order valence-electron chi connectivity index (χ3n) is 4.79. The van der Waals surface area contributed by atoms with E-state index in [1.165, 1.54) is 0 Å². The van der Waals surface area contributed by atoms with Gasteiger partial charge in [0.2, 0.25) is 11.9 Å². The minimum atomic E-state index is -0.0418. The Balaban J connectivity index is 1.69. The molecule has 0 saturated carbocycles. The first kappa shape index (κ1) is 14.8.